The van der Waals surface area contributed by atoms with E-state index in [-0.39, 0.29) is 0 Å². The molecule has 0 aliphatic carbocycles. The number of thiophene rings is 1. The van der Waals surface area contributed by atoms with Gasteiger partial charge in [0.05, 0.1) is 18.0 Å². The Bertz CT molecular complexity index is 721. The zero-order chi connectivity index (χ0) is 14.1. The van der Waals surface area contributed by atoms with Crippen LogP contribution < -0.4 is 4.90 Å². The van der Waals surface area contributed by atoms with Gasteiger partial charge in [-0.15, -0.1) is 11.3 Å². The standard InChI is InChI=1S/C15H17N5S/c1-2-8-20(12(4-1)10-19-7-3-6-18-19)14-13-5-9-21-15(13)17-11-16-14/h3,5-7,9,11-12H,1-2,4,8,10H2/t12-/m0/s1. The zero-order valence-electron chi connectivity index (χ0n) is 11.7. The van der Waals surface area contributed by atoms with Crippen molar-refractivity contribution >= 4 is 27.4 Å². The largest absolute Gasteiger partial charge is 0.351 e. The van der Waals surface area contributed by atoms with Crippen LogP contribution in [0.4, 0.5) is 5.82 Å². The molecular formula is C15H17N5S. The number of fused-ring (bicyclic) bond motifs is 1. The van der Waals surface area contributed by atoms with Crippen LogP contribution in [0.15, 0.2) is 36.2 Å². The first-order valence-electron chi connectivity index (χ1n) is 7.34. The molecule has 4 rings (SSSR count). The van der Waals surface area contributed by atoms with Crippen LogP contribution in [0, 0.1) is 0 Å². The average molecular weight is 299 g/mol. The first-order chi connectivity index (χ1) is 10.4. The third kappa shape index (κ3) is 2.40. The van der Waals surface area contributed by atoms with E-state index in [4.69, 9.17) is 0 Å². The molecule has 0 aromatic carbocycles. The summed E-state index contributed by atoms with van der Waals surface area (Å²) in [4.78, 5) is 12.5. The van der Waals surface area contributed by atoms with E-state index in [0.717, 1.165) is 23.7 Å². The quantitative estimate of drug-likeness (QED) is 0.746. The normalized spacial score (nSPS) is 19.2. The topological polar surface area (TPSA) is 46.8 Å². The molecule has 0 radical (unpaired) electrons. The second-order valence-corrected chi connectivity index (χ2v) is 6.30. The van der Waals surface area contributed by atoms with Crippen molar-refractivity contribution in [2.45, 2.75) is 31.8 Å². The molecule has 4 heterocycles. The highest BCUT2D eigenvalue weighted by atomic mass is 32.1. The smallest absolute Gasteiger partial charge is 0.141 e. The van der Waals surface area contributed by atoms with Crippen molar-refractivity contribution in [1.29, 1.82) is 0 Å². The summed E-state index contributed by atoms with van der Waals surface area (Å²) in [5, 5.41) is 7.62. The van der Waals surface area contributed by atoms with Crippen molar-refractivity contribution in [1.82, 2.24) is 19.7 Å². The highest BCUT2D eigenvalue weighted by Gasteiger charge is 2.25. The summed E-state index contributed by atoms with van der Waals surface area (Å²) in [6, 6.07) is 4.57. The summed E-state index contributed by atoms with van der Waals surface area (Å²) in [7, 11) is 0. The van der Waals surface area contributed by atoms with Crippen LogP contribution in [0.1, 0.15) is 19.3 Å². The van der Waals surface area contributed by atoms with Crippen molar-refractivity contribution in [3.63, 3.8) is 0 Å². The Labute approximate surface area is 127 Å². The van der Waals surface area contributed by atoms with Gasteiger partial charge in [-0.2, -0.15) is 5.10 Å². The summed E-state index contributed by atoms with van der Waals surface area (Å²) in [5.74, 6) is 1.08. The maximum Gasteiger partial charge on any atom is 0.141 e. The van der Waals surface area contributed by atoms with Crippen LogP contribution in [0.5, 0.6) is 0 Å². The fourth-order valence-corrected chi connectivity index (χ4v) is 3.83. The lowest BCUT2D eigenvalue weighted by Crippen LogP contribution is -2.42. The third-order valence-electron chi connectivity index (χ3n) is 4.10. The Morgan fingerprint density at radius 2 is 2.29 bits per heavy atom. The van der Waals surface area contributed by atoms with Gasteiger partial charge < -0.3 is 4.90 Å². The van der Waals surface area contributed by atoms with Crippen LogP contribution in [0.25, 0.3) is 10.2 Å². The second-order valence-electron chi connectivity index (χ2n) is 5.41. The van der Waals surface area contributed by atoms with E-state index >= 15 is 0 Å². The van der Waals surface area contributed by atoms with Crippen molar-refractivity contribution in [3.05, 3.63) is 36.2 Å². The van der Waals surface area contributed by atoms with Gasteiger partial charge in [-0.25, -0.2) is 9.97 Å². The molecule has 21 heavy (non-hydrogen) atoms. The molecule has 0 spiro atoms. The molecule has 1 fully saturated rings. The van der Waals surface area contributed by atoms with E-state index in [0.29, 0.717) is 6.04 Å². The fraction of sp³-hybridized carbons (Fsp3) is 0.400. The van der Waals surface area contributed by atoms with Crippen molar-refractivity contribution < 1.29 is 0 Å². The minimum absolute atomic E-state index is 0.455. The number of piperidine rings is 1. The molecular weight excluding hydrogens is 282 g/mol. The molecule has 0 bridgehead atoms. The molecule has 3 aromatic rings. The summed E-state index contributed by atoms with van der Waals surface area (Å²) in [6.07, 6.45) is 9.26. The van der Waals surface area contributed by atoms with Gasteiger partial charge in [-0.3, -0.25) is 4.68 Å². The van der Waals surface area contributed by atoms with Crippen LogP contribution in [0.3, 0.4) is 0 Å². The van der Waals surface area contributed by atoms with E-state index in [2.05, 4.69) is 31.4 Å². The van der Waals surface area contributed by atoms with Crippen molar-refractivity contribution in [2.24, 2.45) is 0 Å². The Kier molecular flexibility index (Phi) is 3.31. The van der Waals surface area contributed by atoms with Gasteiger partial charge in [0.15, 0.2) is 0 Å². The van der Waals surface area contributed by atoms with Crippen LogP contribution in [-0.2, 0) is 6.54 Å². The SMILES string of the molecule is c1cnn(C[C@@H]2CCCCN2c2ncnc3sccc23)c1. The maximum atomic E-state index is 4.57. The Morgan fingerprint density at radius 3 is 3.19 bits per heavy atom. The molecule has 1 aliphatic heterocycles. The van der Waals surface area contributed by atoms with Gasteiger partial charge in [-0.05, 0) is 36.8 Å². The third-order valence-corrected chi connectivity index (χ3v) is 4.92. The minimum atomic E-state index is 0.455. The Balaban J connectivity index is 1.68. The lowest BCUT2D eigenvalue weighted by molar-refractivity contribution is 0.397. The summed E-state index contributed by atoms with van der Waals surface area (Å²) < 4.78 is 2.02. The number of aromatic nitrogens is 4. The summed E-state index contributed by atoms with van der Waals surface area (Å²) in [6.45, 7) is 1.98. The molecule has 1 atom stereocenters. The van der Waals surface area contributed by atoms with Gasteiger partial charge in [-0.1, -0.05) is 0 Å². The lowest BCUT2D eigenvalue weighted by atomic mass is 10.0. The molecule has 0 unspecified atom stereocenters. The van der Waals surface area contributed by atoms with Gasteiger partial charge in [0.1, 0.15) is 17.0 Å². The fourth-order valence-electron chi connectivity index (χ4n) is 3.10. The highest BCUT2D eigenvalue weighted by molar-refractivity contribution is 7.16. The number of nitrogens with zero attached hydrogens (tertiary/aromatic N) is 5. The van der Waals surface area contributed by atoms with Gasteiger partial charge in [0, 0.05) is 18.9 Å². The molecule has 1 saturated heterocycles. The predicted molar refractivity (Wildman–Crippen MR) is 84.6 cm³/mol. The molecule has 3 aromatic heterocycles. The molecule has 108 valence electrons. The minimum Gasteiger partial charge on any atom is -0.351 e. The molecule has 0 amide bonds. The number of hydrogen-bond acceptors (Lipinski definition) is 5. The van der Waals surface area contributed by atoms with Gasteiger partial charge in [0.25, 0.3) is 0 Å². The lowest BCUT2D eigenvalue weighted by Gasteiger charge is -2.36. The average Bonchev–Trinajstić information content (AvgIpc) is 3.18. The van der Waals surface area contributed by atoms with Crippen LogP contribution in [-0.4, -0.2) is 32.3 Å². The molecule has 6 heteroatoms. The summed E-state index contributed by atoms with van der Waals surface area (Å²) >= 11 is 1.68. The molecule has 5 nitrogen and oxygen atoms in total. The zero-order valence-corrected chi connectivity index (χ0v) is 12.5. The first-order valence-corrected chi connectivity index (χ1v) is 8.22. The Hall–Kier alpha value is -1.95. The molecule has 0 N–H and O–H groups in total. The second kappa shape index (κ2) is 5.44. The van der Waals surface area contributed by atoms with E-state index < -0.39 is 0 Å². The van der Waals surface area contributed by atoms with Crippen LogP contribution >= 0.6 is 11.3 Å². The maximum absolute atomic E-state index is 4.57. The highest BCUT2D eigenvalue weighted by Crippen LogP contribution is 2.31. The van der Waals surface area contributed by atoms with Gasteiger partial charge in [0.2, 0.25) is 0 Å². The monoisotopic (exact) mass is 299 g/mol. The number of anilines is 1. The summed E-state index contributed by atoms with van der Waals surface area (Å²) in [5.41, 5.74) is 0. The van der Waals surface area contributed by atoms with E-state index in [1.54, 1.807) is 17.7 Å². The number of rotatable bonds is 3. The predicted octanol–water partition coefficient (Wildman–Crippen LogP) is 2.95. The first kappa shape index (κ1) is 12.8. The Morgan fingerprint density at radius 1 is 1.29 bits per heavy atom. The number of hydrogen-bond donors (Lipinski definition) is 0. The molecule has 0 saturated carbocycles. The van der Waals surface area contributed by atoms with Gasteiger partial charge >= 0.3 is 0 Å². The van der Waals surface area contributed by atoms with Crippen LogP contribution in [0.2, 0.25) is 0 Å². The van der Waals surface area contributed by atoms with E-state index in [9.17, 15) is 0 Å². The van der Waals surface area contributed by atoms with E-state index in [1.807, 2.05) is 23.1 Å². The van der Waals surface area contributed by atoms with E-state index in [1.165, 1.54) is 24.6 Å². The van der Waals surface area contributed by atoms with Crippen molar-refractivity contribution in [2.75, 3.05) is 11.4 Å². The molecule has 1 aliphatic rings. The van der Waals surface area contributed by atoms with Crippen molar-refractivity contribution in [3.8, 4) is 0 Å².